The molecule has 0 spiro atoms. The van der Waals surface area contributed by atoms with E-state index in [-0.39, 0.29) is 0 Å². The van der Waals surface area contributed by atoms with E-state index >= 15 is 0 Å². The molecule has 1 rings (SSSR count). The summed E-state index contributed by atoms with van der Waals surface area (Å²) in [6.07, 6.45) is 15.5. The van der Waals surface area contributed by atoms with Gasteiger partial charge in [-0.2, -0.15) is 0 Å². The Morgan fingerprint density at radius 2 is 1.96 bits per heavy atom. The zero-order valence-electron chi connectivity index (χ0n) is 16.0. The van der Waals surface area contributed by atoms with E-state index in [1.54, 1.807) is 11.8 Å². The molecule has 0 radical (unpaired) electrons. The lowest BCUT2D eigenvalue weighted by molar-refractivity contribution is 0.603. The maximum atomic E-state index is 5.64. The van der Waals surface area contributed by atoms with Gasteiger partial charge in [0.15, 0.2) is 0 Å². The van der Waals surface area contributed by atoms with Gasteiger partial charge in [0.2, 0.25) is 0 Å². The second-order valence-corrected chi connectivity index (χ2v) is 7.24. The van der Waals surface area contributed by atoms with Crippen molar-refractivity contribution in [1.29, 1.82) is 0 Å². The zero-order valence-corrected chi connectivity index (χ0v) is 17.6. The molecule has 0 atom stereocenters. The van der Waals surface area contributed by atoms with Crippen molar-refractivity contribution in [3.8, 4) is 0 Å². The number of rotatable bonds is 8. The van der Waals surface area contributed by atoms with Crippen LogP contribution in [0, 0.1) is 0 Å². The third kappa shape index (κ3) is 7.21. The van der Waals surface area contributed by atoms with Crippen molar-refractivity contribution in [3.05, 3.63) is 69.4 Å². The van der Waals surface area contributed by atoms with Crippen LogP contribution < -0.4 is 11.1 Å². The van der Waals surface area contributed by atoms with E-state index in [0.717, 1.165) is 49.7 Å². The molecule has 1 saturated heterocycles. The molecule has 0 amide bonds. The summed E-state index contributed by atoms with van der Waals surface area (Å²) in [7, 11) is 0. The number of halogens is 1. The number of hydrogen-bond acceptors (Lipinski definition) is 2. The Morgan fingerprint density at radius 3 is 2.48 bits per heavy atom. The average molecular weight is 405 g/mol. The van der Waals surface area contributed by atoms with Crippen LogP contribution in [-0.4, -0.2) is 13.1 Å². The quantitative estimate of drug-likeness (QED) is 0.482. The minimum atomic E-state index is 0.939. The molecular weight excluding hydrogens is 372 g/mol. The molecule has 0 aliphatic carbocycles. The summed E-state index contributed by atoms with van der Waals surface area (Å²) in [5, 5.41) is 3.47. The van der Waals surface area contributed by atoms with Crippen LogP contribution in [0.5, 0.6) is 0 Å². The first-order valence-corrected chi connectivity index (χ1v) is 10.0. The van der Waals surface area contributed by atoms with Gasteiger partial charge in [0.25, 0.3) is 0 Å². The Balaban J connectivity index is 3.41. The number of piperidine rings is 1. The summed E-state index contributed by atoms with van der Waals surface area (Å²) in [4.78, 5) is 0. The minimum Gasteiger partial charge on any atom is -0.404 e. The van der Waals surface area contributed by atoms with Crippen LogP contribution in [0.3, 0.4) is 0 Å². The zero-order chi connectivity index (χ0) is 18.7. The average Bonchev–Trinajstić information content (AvgIpc) is 2.66. The maximum absolute atomic E-state index is 5.64. The molecule has 25 heavy (non-hydrogen) atoms. The molecule has 1 heterocycles. The highest BCUT2D eigenvalue weighted by Crippen LogP contribution is 2.32. The first-order chi connectivity index (χ1) is 12.1. The third-order valence-corrected chi connectivity index (χ3v) is 5.06. The Labute approximate surface area is 162 Å². The van der Waals surface area contributed by atoms with Crippen molar-refractivity contribution >= 4 is 15.9 Å². The molecule has 1 fully saturated rings. The van der Waals surface area contributed by atoms with Gasteiger partial charge in [0.1, 0.15) is 0 Å². The van der Waals surface area contributed by atoms with Gasteiger partial charge in [-0.15, -0.1) is 0 Å². The van der Waals surface area contributed by atoms with Crippen LogP contribution in [0.1, 0.15) is 52.9 Å². The molecule has 2 nitrogen and oxygen atoms in total. The molecule has 0 bridgehead atoms. The molecule has 3 heteroatoms. The molecular formula is C22H33BrN2. The fourth-order valence-corrected chi connectivity index (χ4v) is 3.33. The molecule has 0 aromatic carbocycles. The van der Waals surface area contributed by atoms with Gasteiger partial charge in [0, 0.05) is 10.7 Å². The van der Waals surface area contributed by atoms with Gasteiger partial charge >= 0.3 is 0 Å². The van der Waals surface area contributed by atoms with E-state index in [2.05, 4.69) is 66.8 Å². The lowest BCUT2D eigenvalue weighted by Gasteiger charge is -2.23. The second kappa shape index (κ2) is 12.1. The van der Waals surface area contributed by atoms with Gasteiger partial charge in [-0.05, 0) is 90.8 Å². The SMILES string of the molecule is C=C/C(C)=C(\C=C/CC)C(C/C(=C\C(Br)=C/N)CC)=C1CCNCC1. The van der Waals surface area contributed by atoms with Crippen molar-refractivity contribution in [1.82, 2.24) is 5.32 Å². The van der Waals surface area contributed by atoms with E-state index in [1.165, 1.54) is 22.3 Å². The highest BCUT2D eigenvalue weighted by Gasteiger charge is 2.16. The van der Waals surface area contributed by atoms with E-state index in [0.29, 0.717) is 0 Å². The molecule has 0 aromatic rings. The molecule has 0 unspecified atom stereocenters. The summed E-state index contributed by atoms with van der Waals surface area (Å²) in [5.41, 5.74) is 12.6. The summed E-state index contributed by atoms with van der Waals surface area (Å²) < 4.78 is 0.939. The summed E-state index contributed by atoms with van der Waals surface area (Å²) >= 11 is 3.52. The Bertz CT molecular complexity index is 596. The Kier molecular flexibility index (Phi) is 10.5. The fraction of sp³-hybridized carbons (Fsp3) is 0.455. The van der Waals surface area contributed by atoms with E-state index in [4.69, 9.17) is 5.73 Å². The van der Waals surface area contributed by atoms with Crippen molar-refractivity contribution in [2.75, 3.05) is 13.1 Å². The molecule has 0 aromatic heterocycles. The minimum absolute atomic E-state index is 0.939. The van der Waals surface area contributed by atoms with Crippen LogP contribution in [0.4, 0.5) is 0 Å². The van der Waals surface area contributed by atoms with Crippen molar-refractivity contribution in [3.63, 3.8) is 0 Å². The van der Waals surface area contributed by atoms with Crippen molar-refractivity contribution in [2.24, 2.45) is 5.73 Å². The second-order valence-electron chi connectivity index (χ2n) is 6.33. The summed E-state index contributed by atoms with van der Waals surface area (Å²) in [5.74, 6) is 0. The first-order valence-electron chi connectivity index (χ1n) is 9.25. The molecule has 3 N–H and O–H groups in total. The fourth-order valence-electron chi connectivity index (χ4n) is 3.00. The van der Waals surface area contributed by atoms with Crippen LogP contribution in [0.25, 0.3) is 0 Å². The highest BCUT2D eigenvalue weighted by atomic mass is 79.9. The number of nitrogens with one attached hydrogen (secondary N) is 1. The predicted molar refractivity (Wildman–Crippen MR) is 116 cm³/mol. The maximum Gasteiger partial charge on any atom is 0.0329 e. The molecule has 1 aliphatic heterocycles. The largest absolute Gasteiger partial charge is 0.404 e. The summed E-state index contributed by atoms with van der Waals surface area (Å²) in [6.45, 7) is 12.7. The molecule has 138 valence electrons. The monoisotopic (exact) mass is 404 g/mol. The van der Waals surface area contributed by atoms with E-state index in [9.17, 15) is 0 Å². The number of hydrogen-bond donors (Lipinski definition) is 2. The van der Waals surface area contributed by atoms with Gasteiger partial charge in [0.05, 0.1) is 0 Å². The highest BCUT2D eigenvalue weighted by molar-refractivity contribution is 9.11. The predicted octanol–water partition coefficient (Wildman–Crippen LogP) is 6.06. The van der Waals surface area contributed by atoms with Crippen LogP contribution in [-0.2, 0) is 0 Å². The smallest absolute Gasteiger partial charge is 0.0329 e. The van der Waals surface area contributed by atoms with Gasteiger partial charge in [-0.25, -0.2) is 0 Å². The van der Waals surface area contributed by atoms with Crippen molar-refractivity contribution in [2.45, 2.75) is 52.9 Å². The van der Waals surface area contributed by atoms with Crippen molar-refractivity contribution < 1.29 is 0 Å². The van der Waals surface area contributed by atoms with E-state index < -0.39 is 0 Å². The first kappa shape index (κ1) is 21.7. The summed E-state index contributed by atoms with van der Waals surface area (Å²) in [6, 6.07) is 0. The van der Waals surface area contributed by atoms with Crippen LogP contribution in [0.2, 0.25) is 0 Å². The van der Waals surface area contributed by atoms with Gasteiger partial charge < -0.3 is 11.1 Å². The third-order valence-electron chi connectivity index (χ3n) is 4.57. The Hall–Kier alpha value is -1.32. The normalized spacial score (nSPS) is 17.7. The molecule has 0 saturated carbocycles. The lowest BCUT2D eigenvalue weighted by Crippen LogP contribution is -2.24. The van der Waals surface area contributed by atoms with Gasteiger partial charge in [-0.1, -0.05) is 49.8 Å². The molecule has 1 aliphatic rings. The Morgan fingerprint density at radius 1 is 1.28 bits per heavy atom. The number of allylic oxidation sites excluding steroid dienone is 9. The topological polar surface area (TPSA) is 38.0 Å². The number of nitrogens with two attached hydrogens (primary N) is 1. The van der Waals surface area contributed by atoms with Gasteiger partial charge in [-0.3, -0.25) is 0 Å². The van der Waals surface area contributed by atoms with E-state index in [1.807, 2.05) is 6.08 Å². The lowest BCUT2D eigenvalue weighted by atomic mass is 9.86. The van der Waals surface area contributed by atoms with Crippen LogP contribution in [0.15, 0.2) is 69.4 Å². The van der Waals surface area contributed by atoms with Crippen LogP contribution >= 0.6 is 15.9 Å². The standard InChI is InChI=1S/C22H33BrN2/c1-5-8-9-21(17(4)6-2)22(19-10-12-25-13-11-19)15-18(7-3)14-20(23)16-24/h6,8-9,14,16,25H,2,5,7,10-13,15,24H2,1,3-4H3/b9-8-,18-14-,20-16+,21-17+.